The lowest BCUT2D eigenvalue weighted by molar-refractivity contribution is 0.597. The molecule has 0 amide bonds. The van der Waals surface area contributed by atoms with Crippen LogP contribution in [0.15, 0.2) is 29.2 Å². The van der Waals surface area contributed by atoms with Crippen molar-refractivity contribution in [3.63, 3.8) is 0 Å². The van der Waals surface area contributed by atoms with Gasteiger partial charge in [0.25, 0.3) is 0 Å². The van der Waals surface area contributed by atoms with E-state index in [0.29, 0.717) is 11.7 Å². The van der Waals surface area contributed by atoms with Crippen molar-refractivity contribution in [2.45, 2.75) is 24.8 Å². The molecule has 7 heteroatoms. The van der Waals surface area contributed by atoms with Crippen LogP contribution in [0.1, 0.15) is 18.9 Å². The molecular formula is C11H17N3O2S2. The quantitative estimate of drug-likeness (QED) is 0.695. The molecule has 0 aliphatic heterocycles. The van der Waals surface area contributed by atoms with E-state index in [9.17, 15) is 8.42 Å². The molecule has 1 rings (SSSR count). The topological polar surface area (TPSA) is 84.2 Å². The molecule has 0 fully saturated rings. The summed E-state index contributed by atoms with van der Waals surface area (Å²) in [5.74, 6) is 0. The van der Waals surface area contributed by atoms with Gasteiger partial charge < -0.3 is 10.6 Å². The molecule has 0 spiro atoms. The SMILES string of the molecule is CCCNC(=S)NCc1ccc(S(N)(=O)=O)cc1. The Balaban J connectivity index is 2.52. The summed E-state index contributed by atoms with van der Waals surface area (Å²) in [6, 6.07) is 6.37. The molecule has 0 atom stereocenters. The second-order valence-corrected chi connectivity index (χ2v) is 5.77. The summed E-state index contributed by atoms with van der Waals surface area (Å²) >= 11 is 5.07. The van der Waals surface area contributed by atoms with Crippen LogP contribution in [0.5, 0.6) is 0 Å². The number of nitrogens with two attached hydrogens (primary N) is 1. The Morgan fingerprint density at radius 1 is 1.28 bits per heavy atom. The molecule has 0 aliphatic rings. The number of primary sulfonamides is 1. The highest BCUT2D eigenvalue weighted by molar-refractivity contribution is 7.89. The highest BCUT2D eigenvalue weighted by Crippen LogP contribution is 2.08. The van der Waals surface area contributed by atoms with Gasteiger partial charge in [0, 0.05) is 13.1 Å². The van der Waals surface area contributed by atoms with Crippen molar-refractivity contribution in [1.29, 1.82) is 0 Å². The van der Waals surface area contributed by atoms with Gasteiger partial charge in [-0.05, 0) is 36.3 Å². The minimum atomic E-state index is -3.62. The number of thiocarbonyl (C=S) groups is 1. The second kappa shape index (κ2) is 6.67. The van der Waals surface area contributed by atoms with Gasteiger partial charge >= 0.3 is 0 Å². The van der Waals surface area contributed by atoms with Gasteiger partial charge in [-0.1, -0.05) is 19.1 Å². The lowest BCUT2D eigenvalue weighted by Crippen LogP contribution is -2.35. The molecule has 4 N–H and O–H groups in total. The van der Waals surface area contributed by atoms with Gasteiger partial charge in [0.2, 0.25) is 10.0 Å². The number of nitrogens with one attached hydrogen (secondary N) is 2. The van der Waals surface area contributed by atoms with Crippen molar-refractivity contribution in [3.05, 3.63) is 29.8 Å². The summed E-state index contributed by atoms with van der Waals surface area (Å²) in [6.07, 6.45) is 1.00. The van der Waals surface area contributed by atoms with Gasteiger partial charge in [-0.2, -0.15) is 0 Å². The molecule has 100 valence electrons. The molecule has 0 unspecified atom stereocenters. The standard InChI is InChI=1S/C11H17N3O2S2/c1-2-7-13-11(17)14-8-9-3-5-10(6-4-9)18(12,15)16/h3-6H,2,7-8H2,1H3,(H2,12,15,16)(H2,13,14,17). The normalized spacial score (nSPS) is 11.0. The highest BCUT2D eigenvalue weighted by atomic mass is 32.2. The minimum Gasteiger partial charge on any atom is -0.363 e. The number of hydrogen-bond acceptors (Lipinski definition) is 3. The Bertz CT molecular complexity index is 498. The van der Waals surface area contributed by atoms with Crippen LogP contribution in [-0.2, 0) is 16.6 Å². The van der Waals surface area contributed by atoms with Gasteiger partial charge in [-0.3, -0.25) is 0 Å². The molecule has 1 aromatic carbocycles. The molecule has 18 heavy (non-hydrogen) atoms. The Labute approximate surface area is 113 Å². The molecule has 0 heterocycles. The molecular weight excluding hydrogens is 270 g/mol. The maximum absolute atomic E-state index is 11.1. The van der Waals surface area contributed by atoms with Gasteiger partial charge in [0.15, 0.2) is 5.11 Å². The maximum atomic E-state index is 11.1. The summed E-state index contributed by atoms with van der Waals surface area (Å²) < 4.78 is 22.1. The maximum Gasteiger partial charge on any atom is 0.238 e. The van der Waals surface area contributed by atoms with Crippen molar-refractivity contribution >= 4 is 27.4 Å². The van der Waals surface area contributed by atoms with Crippen molar-refractivity contribution < 1.29 is 8.42 Å². The summed E-state index contributed by atoms with van der Waals surface area (Å²) in [5, 5.41) is 11.7. The van der Waals surface area contributed by atoms with Crippen LogP contribution in [0.4, 0.5) is 0 Å². The zero-order valence-electron chi connectivity index (χ0n) is 10.1. The molecule has 0 aromatic heterocycles. The van der Waals surface area contributed by atoms with Crippen LogP contribution in [0.3, 0.4) is 0 Å². The Morgan fingerprint density at radius 3 is 2.39 bits per heavy atom. The first kappa shape index (κ1) is 14.9. The summed E-state index contributed by atoms with van der Waals surface area (Å²) in [4.78, 5) is 0.109. The van der Waals surface area contributed by atoms with E-state index < -0.39 is 10.0 Å². The van der Waals surface area contributed by atoms with E-state index in [-0.39, 0.29) is 4.90 Å². The third kappa shape index (κ3) is 4.99. The number of hydrogen-bond donors (Lipinski definition) is 3. The molecule has 1 aromatic rings. The largest absolute Gasteiger partial charge is 0.363 e. The monoisotopic (exact) mass is 287 g/mol. The lowest BCUT2D eigenvalue weighted by atomic mass is 10.2. The number of rotatable bonds is 5. The van der Waals surface area contributed by atoms with Crippen molar-refractivity contribution in [3.8, 4) is 0 Å². The third-order valence-corrected chi connectivity index (χ3v) is 3.46. The average molecular weight is 287 g/mol. The first-order valence-electron chi connectivity index (χ1n) is 5.57. The molecule has 0 aliphatic carbocycles. The molecule has 5 nitrogen and oxygen atoms in total. The van der Waals surface area contributed by atoms with Crippen molar-refractivity contribution in [2.75, 3.05) is 6.54 Å². The van der Waals surface area contributed by atoms with Crippen LogP contribution in [0, 0.1) is 0 Å². The van der Waals surface area contributed by atoms with Crippen LogP contribution in [-0.4, -0.2) is 20.1 Å². The lowest BCUT2D eigenvalue weighted by Gasteiger charge is -2.09. The van der Waals surface area contributed by atoms with E-state index in [1.807, 2.05) is 0 Å². The van der Waals surface area contributed by atoms with E-state index in [1.165, 1.54) is 12.1 Å². The van der Waals surface area contributed by atoms with Gasteiger partial charge in [0.1, 0.15) is 0 Å². The Morgan fingerprint density at radius 2 is 1.89 bits per heavy atom. The zero-order valence-corrected chi connectivity index (χ0v) is 11.8. The van der Waals surface area contributed by atoms with Crippen LogP contribution >= 0.6 is 12.2 Å². The first-order valence-corrected chi connectivity index (χ1v) is 7.52. The minimum absolute atomic E-state index is 0.109. The molecule has 0 saturated carbocycles. The fourth-order valence-corrected chi connectivity index (χ4v) is 1.97. The molecule has 0 saturated heterocycles. The van der Waals surface area contributed by atoms with E-state index in [0.717, 1.165) is 18.5 Å². The number of benzene rings is 1. The third-order valence-electron chi connectivity index (χ3n) is 2.24. The Kier molecular flexibility index (Phi) is 5.52. The van der Waals surface area contributed by atoms with Gasteiger partial charge in [-0.15, -0.1) is 0 Å². The molecule has 0 bridgehead atoms. The van der Waals surface area contributed by atoms with Crippen LogP contribution < -0.4 is 15.8 Å². The smallest absolute Gasteiger partial charge is 0.238 e. The van der Waals surface area contributed by atoms with Gasteiger partial charge in [-0.25, -0.2) is 13.6 Å². The zero-order chi connectivity index (χ0) is 13.6. The average Bonchev–Trinajstić information content (AvgIpc) is 2.33. The van der Waals surface area contributed by atoms with E-state index >= 15 is 0 Å². The van der Waals surface area contributed by atoms with Gasteiger partial charge in [0.05, 0.1) is 4.90 Å². The Hall–Kier alpha value is -1.18. The summed E-state index contributed by atoms with van der Waals surface area (Å²) in [5.41, 5.74) is 0.933. The van der Waals surface area contributed by atoms with Crippen LogP contribution in [0.25, 0.3) is 0 Å². The fraction of sp³-hybridized carbons (Fsp3) is 0.364. The second-order valence-electron chi connectivity index (χ2n) is 3.80. The predicted octanol–water partition coefficient (Wildman–Crippen LogP) is 0.708. The van der Waals surface area contributed by atoms with E-state index in [4.69, 9.17) is 17.4 Å². The van der Waals surface area contributed by atoms with Crippen molar-refractivity contribution in [2.24, 2.45) is 5.14 Å². The van der Waals surface area contributed by atoms with E-state index in [2.05, 4.69) is 17.6 Å². The molecule has 0 radical (unpaired) electrons. The summed E-state index contributed by atoms with van der Waals surface area (Å²) in [7, 11) is -3.62. The summed E-state index contributed by atoms with van der Waals surface area (Å²) in [6.45, 7) is 3.43. The number of sulfonamides is 1. The van der Waals surface area contributed by atoms with E-state index in [1.54, 1.807) is 12.1 Å². The predicted molar refractivity (Wildman–Crippen MR) is 75.5 cm³/mol. The first-order chi connectivity index (χ1) is 8.43. The highest BCUT2D eigenvalue weighted by Gasteiger charge is 2.06. The fourth-order valence-electron chi connectivity index (χ4n) is 1.28. The van der Waals surface area contributed by atoms with Crippen LogP contribution in [0.2, 0.25) is 0 Å². The van der Waals surface area contributed by atoms with Crippen molar-refractivity contribution in [1.82, 2.24) is 10.6 Å².